The van der Waals surface area contributed by atoms with Gasteiger partial charge in [0.2, 0.25) is 10.0 Å². The van der Waals surface area contributed by atoms with Gasteiger partial charge in [0, 0.05) is 31.7 Å². The Morgan fingerprint density at radius 1 is 1.38 bits per heavy atom. The third-order valence-electron chi connectivity index (χ3n) is 4.60. The van der Waals surface area contributed by atoms with Crippen LogP contribution >= 0.6 is 0 Å². The molecule has 2 fully saturated rings. The summed E-state index contributed by atoms with van der Waals surface area (Å²) in [6, 6.07) is 3.59. The summed E-state index contributed by atoms with van der Waals surface area (Å²) in [4.78, 5) is -0.0584. The van der Waals surface area contributed by atoms with Gasteiger partial charge in [-0.15, -0.1) is 0 Å². The molecule has 2 unspecified atom stereocenters. The monoisotopic (exact) mass is 358 g/mol. The lowest BCUT2D eigenvalue weighted by atomic mass is 10.1. The zero-order valence-electron chi connectivity index (χ0n) is 13.5. The van der Waals surface area contributed by atoms with E-state index in [1.165, 1.54) is 16.4 Å². The molecule has 0 spiro atoms. The molecule has 2 heterocycles. The van der Waals surface area contributed by atoms with E-state index in [9.17, 15) is 12.8 Å². The molecule has 2 aliphatic heterocycles. The van der Waals surface area contributed by atoms with Crippen molar-refractivity contribution in [2.24, 2.45) is 11.7 Å². The maximum absolute atomic E-state index is 14.3. The van der Waals surface area contributed by atoms with Crippen molar-refractivity contribution in [3.63, 3.8) is 0 Å². The zero-order chi connectivity index (χ0) is 17.2. The number of ether oxygens (including phenoxy) is 2. The number of nitrogens with zero attached hydrogens (tertiary/aromatic N) is 1. The van der Waals surface area contributed by atoms with Crippen LogP contribution in [-0.4, -0.2) is 51.7 Å². The second-order valence-corrected chi connectivity index (χ2v) is 8.17. The van der Waals surface area contributed by atoms with Crippen LogP contribution in [0.25, 0.3) is 0 Å². The van der Waals surface area contributed by atoms with E-state index in [-0.39, 0.29) is 29.1 Å². The molecule has 0 radical (unpaired) electrons. The minimum absolute atomic E-state index is 0.0584. The molecule has 1 aromatic rings. The molecule has 0 bridgehead atoms. The number of benzene rings is 1. The van der Waals surface area contributed by atoms with Crippen LogP contribution in [0, 0.1) is 11.7 Å². The van der Waals surface area contributed by atoms with E-state index in [1.807, 2.05) is 0 Å². The SMILES string of the molecule is NCC1CCCN1S(=O)(=O)c1ccc(OCC2CCOC2)c(F)c1. The van der Waals surface area contributed by atoms with Crippen molar-refractivity contribution < 1.29 is 22.3 Å². The smallest absolute Gasteiger partial charge is 0.243 e. The second-order valence-electron chi connectivity index (χ2n) is 6.28. The third kappa shape index (κ3) is 3.56. The number of hydrogen-bond donors (Lipinski definition) is 1. The maximum atomic E-state index is 14.3. The van der Waals surface area contributed by atoms with Crippen LogP contribution in [0.5, 0.6) is 5.75 Å². The minimum Gasteiger partial charge on any atom is -0.490 e. The molecule has 24 heavy (non-hydrogen) atoms. The Morgan fingerprint density at radius 3 is 2.88 bits per heavy atom. The number of hydrogen-bond acceptors (Lipinski definition) is 5. The van der Waals surface area contributed by atoms with Crippen LogP contribution in [-0.2, 0) is 14.8 Å². The Kier molecular flexibility index (Phi) is 5.39. The van der Waals surface area contributed by atoms with Crippen molar-refractivity contribution in [3.8, 4) is 5.75 Å². The van der Waals surface area contributed by atoms with Gasteiger partial charge in [-0.05, 0) is 37.5 Å². The van der Waals surface area contributed by atoms with Crippen molar-refractivity contribution in [2.75, 3.05) is 32.9 Å². The van der Waals surface area contributed by atoms with Gasteiger partial charge in [0.05, 0.1) is 18.1 Å². The van der Waals surface area contributed by atoms with E-state index in [4.69, 9.17) is 15.2 Å². The topological polar surface area (TPSA) is 81.9 Å². The molecule has 2 atom stereocenters. The maximum Gasteiger partial charge on any atom is 0.243 e. The summed E-state index contributed by atoms with van der Waals surface area (Å²) in [5, 5.41) is 0. The Bertz CT molecular complexity index is 677. The third-order valence-corrected chi connectivity index (χ3v) is 6.55. The predicted octanol–water partition coefficient (Wildman–Crippen LogP) is 1.35. The molecule has 1 aromatic carbocycles. The number of sulfonamides is 1. The Balaban J connectivity index is 1.73. The molecule has 0 amide bonds. The minimum atomic E-state index is -3.73. The number of nitrogens with two attached hydrogens (primary N) is 1. The van der Waals surface area contributed by atoms with E-state index in [1.54, 1.807) is 0 Å². The second kappa shape index (κ2) is 7.35. The van der Waals surface area contributed by atoms with Gasteiger partial charge in [0.1, 0.15) is 0 Å². The molecular weight excluding hydrogens is 335 g/mol. The van der Waals surface area contributed by atoms with Crippen LogP contribution in [0.2, 0.25) is 0 Å². The van der Waals surface area contributed by atoms with Crippen molar-refractivity contribution in [2.45, 2.75) is 30.2 Å². The van der Waals surface area contributed by atoms with Gasteiger partial charge >= 0.3 is 0 Å². The fraction of sp³-hybridized carbons (Fsp3) is 0.625. The lowest BCUT2D eigenvalue weighted by molar-refractivity contribution is 0.165. The molecule has 8 heteroatoms. The van der Waals surface area contributed by atoms with Gasteiger partial charge in [-0.3, -0.25) is 0 Å². The van der Waals surface area contributed by atoms with Crippen LogP contribution < -0.4 is 10.5 Å². The van der Waals surface area contributed by atoms with E-state index < -0.39 is 15.8 Å². The first-order valence-corrected chi connectivity index (χ1v) is 9.68. The van der Waals surface area contributed by atoms with Gasteiger partial charge in [0.15, 0.2) is 11.6 Å². The Labute approximate surface area is 141 Å². The fourth-order valence-corrected chi connectivity index (χ4v) is 4.89. The highest BCUT2D eigenvalue weighted by Crippen LogP contribution is 2.28. The van der Waals surface area contributed by atoms with Crippen LogP contribution in [0.4, 0.5) is 4.39 Å². The Morgan fingerprint density at radius 2 is 2.21 bits per heavy atom. The molecule has 2 saturated heterocycles. The summed E-state index contributed by atoms with van der Waals surface area (Å²) in [7, 11) is -3.73. The first-order valence-electron chi connectivity index (χ1n) is 8.24. The molecular formula is C16H23FN2O4S. The number of rotatable bonds is 6. The molecule has 3 rings (SSSR count). The highest BCUT2D eigenvalue weighted by molar-refractivity contribution is 7.89. The average Bonchev–Trinajstić information content (AvgIpc) is 3.25. The van der Waals surface area contributed by atoms with E-state index in [0.29, 0.717) is 26.4 Å². The lowest BCUT2D eigenvalue weighted by Crippen LogP contribution is -2.39. The summed E-state index contributed by atoms with van der Waals surface area (Å²) >= 11 is 0. The lowest BCUT2D eigenvalue weighted by Gasteiger charge is -2.23. The van der Waals surface area contributed by atoms with Crippen LogP contribution in [0.3, 0.4) is 0 Å². The first kappa shape index (κ1) is 17.6. The summed E-state index contributed by atoms with van der Waals surface area (Å²) in [5.74, 6) is -0.348. The van der Waals surface area contributed by atoms with Crippen molar-refractivity contribution in [1.82, 2.24) is 4.31 Å². The molecule has 2 aliphatic rings. The van der Waals surface area contributed by atoms with E-state index in [2.05, 4.69) is 0 Å². The summed E-state index contributed by atoms with van der Waals surface area (Å²) in [6.45, 7) is 2.37. The van der Waals surface area contributed by atoms with Crippen molar-refractivity contribution in [3.05, 3.63) is 24.0 Å². The summed E-state index contributed by atoms with van der Waals surface area (Å²) < 4.78 is 51.7. The number of halogens is 1. The molecule has 6 nitrogen and oxygen atoms in total. The van der Waals surface area contributed by atoms with Gasteiger partial charge in [-0.2, -0.15) is 4.31 Å². The van der Waals surface area contributed by atoms with E-state index in [0.717, 1.165) is 25.3 Å². The average molecular weight is 358 g/mol. The molecule has 2 N–H and O–H groups in total. The standard InChI is InChI=1S/C16H23FN2O4S/c17-15-8-14(24(20,21)19-6-1-2-13(19)9-18)3-4-16(15)23-11-12-5-7-22-10-12/h3-4,8,12-13H,1-2,5-7,9-11,18H2. The van der Waals surface area contributed by atoms with E-state index >= 15 is 0 Å². The summed E-state index contributed by atoms with van der Waals surface area (Å²) in [6.07, 6.45) is 2.40. The molecule has 0 aromatic heterocycles. The Hall–Kier alpha value is -1.22. The molecule has 0 saturated carbocycles. The largest absolute Gasteiger partial charge is 0.490 e. The zero-order valence-corrected chi connectivity index (χ0v) is 14.3. The normalized spacial score (nSPS) is 25.2. The fourth-order valence-electron chi connectivity index (χ4n) is 3.18. The highest BCUT2D eigenvalue weighted by Gasteiger charge is 2.34. The quantitative estimate of drug-likeness (QED) is 0.830. The first-order chi connectivity index (χ1) is 11.5. The van der Waals surface area contributed by atoms with Gasteiger partial charge < -0.3 is 15.2 Å². The summed E-state index contributed by atoms with van der Waals surface area (Å²) in [5.41, 5.74) is 5.64. The van der Waals surface area contributed by atoms with Crippen LogP contribution in [0.15, 0.2) is 23.1 Å². The van der Waals surface area contributed by atoms with Gasteiger partial charge in [-0.25, -0.2) is 12.8 Å². The molecule has 134 valence electrons. The molecule has 0 aliphatic carbocycles. The predicted molar refractivity (Wildman–Crippen MR) is 86.8 cm³/mol. The van der Waals surface area contributed by atoms with Gasteiger partial charge in [-0.1, -0.05) is 0 Å². The van der Waals surface area contributed by atoms with Gasteiger partial charge in [0.25, 0.3) is 0 Å². The van der Waals surface area contributed by atoms with Crippen molar-refractivity contribution >= 4 is 10.0 Å². The van der Waals surface area contributed by atoms with Crippen LogP contribution in [0.1, 0.15) is 19.3 Å². The highest BCUT2D eigenvalue weighted by atomic mass is 32.2. The van der Waals surface area contributed by atoms with Crippen molar-refractivity contribution in [1.29, 1.82) is 0 Å².